The molecule has 0 aliphatic carbocycles. The minimum atomic E-state index is -1.08. The number of aromatic hydroxyl groups is 1. The molecule has 31 heavy (non-hydrogen) atoms. The van der Waals surface area contributed by atoms with Crippen LogP contribution < -0.4 is 15.4 Å². The lowest BCUT2D eigenvalue weighted by molar-refractivity contribution is -0.175. The van der Waals surface area contributed by atoms with Crippen molar-refractivity contribution in [1.82, 2.24) is 5.06 Å². The molecule has 3 N–H and O–H groups in total. The first-order valence-electron chi connectivity index (χ1n) is 9.91. The van der Waals surface area contributed by atoms with Crippen molar-refractivity contribution in [3.63, 3.8) is 0 Å². The van der Waals surface area contributed by atoms with Crippen LogP contribution in [-0.2, 0) is 25.6 Å². The molecule has 0 radical (unpaired) electrons. The van der Waals surface area contributed by atoms with Crippen LogP contribution >= 0.6 is 0 Å². The lowest BCUT2D eigenvalue weighted by Crippen LogP contribution is -2.40. The SMILES string of the molecule is CCc1ccc(N2C(=O)C3ON(CC(N)=O)C(c4ccc(O)c(OC)c4)C3C2=O)cc1. The van der Waals surface area contributed by atoms with E-state index in [9.17, 15) is 19.5 Å². The summed E-state index contributed by atoms with van der Waals surface area (Å²) in [4.78, 5) is 45.0. The zero-order valence-corrected chi connectivity index (χ0v) is 17.1. The third kappa shape index (κ3) is 3.51. The number of carbonyl (C=O) groups is 3. The summed E-state index contributed by atoms with van der Waals surface area (Å²) in [7, 11) is 1.40. The number of phenols is 1. The second-order valence-corrected chi connectivity index (χ2v) is 7.50. The second-order valence-electron chi connectivity index (χ2n) is 7.50. The smallest absolute Gasteiger partial charge is 0.265 e. The van der Waals surface area contributed by atoms with Gasteiger partial charge in [0.05, 0.1) is 24.8 Å². The summed E-state index contributed by atoms with van der Waals surface area (Å²) in [5.74, 6) is -2.35. The van der Waals surface area contributed by atoms with Crippen LogP contribution in [0.25, 0.3) is 0 Å². The number of phenolic OH excluding ortho intramolecular Hbond substituents is 1. The van der Waals surface area contributed by atoms with Gasteiger partial charge in [-0.15, -0.1) is 0 Å². The van der Waals surface area contributed by atoms with Crippen molar-refractivity contribution in [2.45, 2.75) is 25.5 Å². The van der Waals surface area contributed by atoms with Gasteiger partial charge in [0.15, 0.2) is 17.6 Å². The summed E-state index contributed by atoms with van der Waals surface area (Å²) >= 11 is 0. The van der Waals surface area contributed by atoms with Gasteiger partial charge in [-0.05, 0) is 41.8 Å². The molecule has 0 bridgehead atoms. The van der Waals surface area contributed by atoms with E-state index in [1.807, 2.05) is 19.1 Å². The maximum atomic E-state index is 13.4. The summed E-state index contributed by atoms with van der Waals surface area (Å²) < 4.78 is 5.17. The zero-order chi connectivity index (χ0) is 22.3. The van der Waals surface area contributed by atoms with Gasteiger partial charge in [-0.1, -0.05) is 25.1 Å². The molecule has 2 fully saturated rings. The number of aryl methyl sites for hydroxylation is 1. The molecule has 0 spiro atoms. The molecule has 2 aromatic rings. The second kappa shape index (κ2) is 8.01. The van der Waals surface area contributed by atoms with E-state index in [2.05, 4.69) is 0 Å². The van der Waals surface area contributed by atoms with Crippen LogP contribution in [0.1, 0.15) is 24.1 Å². The Morgan fingerprint density at radius 3 is 2.48 bits per heavy atom. The Hall–Kier alpha value is -3.43. The number of hydroxylamine groups is 2. The van der Waals surface area contributed by atoms with Gasteiger partial charge in [0, 0.05) is 0 Å². The molecule has 2 aromatic carbocycles. The number of imide groups is 1. The predicted octanol–water partition coefficient (Wildman–Crippen LogP) is 1.29. The average Bonchev–Trinajstić information content (AvgIpc) is 3.23. The van der Waals surface area contributed by atoms with Crippen LogP contribution in [0.2, 0.25) is 0 Å². The largest absolute Gasteiger partial charge is 0.504 e. The van der Waals surface area contributed by atoms with E-state index in [0.29, 0.717) is 11.3 Å². The monoisotopic (exact) mass is 425 g/mol. The molecule has 4 rings (SSSR count). The van der Waals surface area contributed by atoms with Crippen molar-refractivity contribution in [3.8, 4) is 11.5 Å². The van der Waals surface area contributed by atoms with Crippen molar-refractivity contribution in [3.05, 3.63) is 53.6 Å². The minimum absolute atomic E-state index is 0.0744. The number of methoxy groups -OCH3 is 1. The lowest BCUT2D eigenvalue weighted by Gasteiger charge is -2.26. The van der Waals surface area contributed by atoms with Crippen LogP contribution in [0.5, 0.6) is 11.5 Å². The van der Waals surface area contributed by atoms with Gasteiger partial charge in [0.1, 0.15) is 6.54 Å². The Labute approximate surface area is 178 Å². The minimum Gasteiger partial charge on any atom is -0.504 e. The molecule has 2 heterocycles. The van der Waals surface area contributed by atoms with Crippen molar-refractivity contribution in [1.29, 1.82) is 0 Å². The van der Waals surface area contributed by atoms with E-state index in [1.165, 1.54) is 18.2 Å². The number of hydrogen-bond donors (Lipinski definition) is 2. The molecule has 3 unspecified atom stereocenters. The van der Waals surface area contributed by atoms with E-state index >= 15 is 0 Å². The first-order chi connectivity index (χ1) is 14.8. The van der Waals surface area contributed by atoms with Crippen molar-refractivity contribution >= 4 is 23.4 Å². The summed E-state index contributed by atoms with van der Waals surface area (Å²) in [6.07, 6.45) is -0.244. The van der Waals surface area contributed by atoms with Crippen molar-refractivity contribution in [2.75, 3.05) is 18.6 Å². The van der Waals surface area contributed by atoms with Gasteiger partial charge in [0.2, 0.25) is 11.8 Å². The summed E-state index contributed by atoms with van der Waals surface area (Å²) in [6.45, 7) is 1.72. The third-order valence-electron chi connectivity index (χ3n) is 5.65. The Morgan fingerprint density at radius 1 is 1.16 bits per heavy atom. The fourth-order valence-corrected chi connectivity index (χ4v) is 4.15. The number of benzene rings is 2. The molecule has 2 saturated heterocycles. The molecular formula is C22H23N3O6. The number of rotatable bonds is 6. The maximum Gasteiger partial charge on any atom is 0.265 e. The number of ether oxygens (including phenoxy) is 1. The zero-order valence-electron chi connectivity index (χ0n) is 17.1. The summed E-state index contributed by atoms with van der Waals surface area (Å²) in [5.41, 5.74) is 7.45. The summed E-state index contributed by atoms with van der Waals surface area (Å²) in [5, 5.41) is 11.2. The quantitative estimate of drug-likeness (QED) is 0.669. The number of anilines is 1. The van der Waals surface area contributed by atoms with Crippen LogP contribution in [0.15, 0.2) is 42.5 Å². The van der Waals surface area contributed by atoms with Gasteiger partial charge in [-0.25, -0.2) is 4.90 Å². The maximum absolute atomic E-state index is 13.4. The molecule has 0 saturated carbocycles. The molecular weight excluding hydrogens is 402 g/mol. The molecule has 162 valence electrons. The molecule has 3 amide bonds. The van der Waals surface area contributed by atoms with Crippen LogP contribution in [0.4, 0.5) is 5.69 Å². The molecule has 0 aromatic heterocycles. The van der Waals surface area contributed by atoms with E-state index in [0.717, 1.165) is 16.9 Å². The number of amides is 3. The highest BCUT2D eigenvalue weighted by atomic mass is 16.7. The summed E-state index contributed by atoms with van der Waals surface area (Å²) in [6, 6.07) is 11.0. The van der Waals surface area contributed by atoms with E-state index in [4.69, 9.17) is 15.3 Å². The van der Waals surface area contributed by atoms with E-state index in [-0.39, 0.29) is 18.0 Å². The highest BCUT2D eigenvalue weighted by Gasteiger charge is 2.60. The van der Waals surface area contributed by atoms with Gasteiger partial charge in [0.25, 0.3) is 5.91 Å². The molecule has 9 heteroatoms. The van der Waals surface area contributed by atoms with Gasteiger partial charge < -0.3 is 15.6 Å². The molecule has 3 atom stereocenters. The van der Waals surface area contributed by atoms with Crippen LogP contribution in [0, 0.1) is 5.92 Å². The number of nitrogens with two attached hydrogens (primary N) is 1. The fraction of sp³-hybridized carbons (Fsp3) is 0.318. The van der Waals surface area contributed by atoms with Crippen molar-refractivity contribution in [2.24, 2.45) is 11.7 Å². The molecule has 2 aliphatic rings. The average molecular weight is 425 g/mol. The first kappa shape index (κ1) is 20.8. The Morgan fingerprint density at radius 2 is 1.87 bits per heavy atom. The van der Waals surface area contributed by atoms with Gasteiger partial charge in [-0.2, -0.15) is 5.06 Å². The standard InChI is InChI=1S/C22H23N3O6/c1-3-12-4-7-14(8-5-12)25-21(28)18-19(13-6-9-15(26)16(10-13)30-2)24(11-17(23)27)31-20(18)22(25)29/h4-10,18-20,26H,3,11H2,1-2H3,(H2,23,27). The Balaban J connectivity index is 1.73. The number of fused-ring (bicyclic) bond motifs is 1. The lowest BCUT2D eigenvalue weighted by atomic mass is 9.90. The van der Waals surface area contributed by atoms with Gasteiger partial charge >= 0.3 is 0 Å². The number of primary amides is 1. The Kier molecular flexibility index (Phi) is 5.38. The Bertz CT molecular complexity index is 1040. The number of carbonyl (C=O) groups excluding carboxylic acids is 3. The molecule has 9 nitrogen and oxygen atoms in total. The number of nitrogens with zero attached hydrogens (tertiary/aromatic N) is 2. The first-order valence-corrected chi connectivity index (χ1v) is 9.91. The highest BCUT2D eigenvalue weighted by molar-refractivity contribution is 6.23. The molecule has 2 aliphatic heterocycles. The van der Waals surface area contributed by atoms with E-state index in [1.54, 1.807) is 24.3 Å². The fourth-order valence-electron chi connectivity index (χ4n) is 4.15. The predicted molar refractivity (Wildman–Crippen MR) is 110 cm³/mol. The van der Waals surface area contributed by atoms with Crippen molar-refractivity contribution < 1.29 is 29.1 Å². The van der Waals surface area contributed by atoms with Crippen LogP contribution in [0.3, 0.4) is 0 Å². The number of hydrogen-bond acceptors (Lipinski definition) is 7. The van der Waals surface area contributed by atoms with Gasteiger partial charge in [-0.3, -0.25) is 19.2 Å². The van der Waals surface area contributed by atoms with Crippen LogP contribution in [-0.4, -0.2) is 47.6 Å². The highest BCUT2D eigenvalue weighted by Crippen LogP contribution is 2.46. The van der Waals surface area contributed by atoms with E-state index < -0.39 is 35.8 Å². The third-order valence-corrected chi connectivity index (χ3v) is 5.65. The topological polar surface area (TPSA) is 122 Å². The normalized spacial score (nSPS) is 23.3.